The van der Waals surface area contributed by atoms with Gasteiger partial charge in [-0.15, -0.1) is 0 Å². The first-order chi connectivity index (χ1) is 8.34. The lowest BCUT2D eigenvalue weighted by atomic mass is 10.1. The molecule has 1 aromatic heterocycles. The standard InChI is InChI=1S/C12H20N4O/c17-12-9-10(3-1-6-16-12)13-5-2-4-11-14-7-8-15-11/h7-8,10,13H,1-6,9H2,(H,14,15)(H,16,17). The van der Waals surface area contributed by atoms with E-state index in [1.54, 1.807) is 6.20 Å². The van der Waals surface area contributed by atoms with Gasteiger partial charge in [0.25, 0.3) is 0 Å². The molecule has 1 amide bonds. The van der Waals surface area contributed by atoms with Crippen molar-refractivity contribution in [2.45, 2.75) is 38.1 Å². The zero-order chi connectivity index (χ0) is 11.9. The molecule has 0 aromatic carbocycles. The summed E-state index contributed by atoms with van der Waals surface area (Å²) in [5.74, 6) is 1.21. The maximum Gasteiger partial charge on any atom is 0.221 e. The molecule has 0 spiro atoms. The summed E-state index contributed by atoms with van der Waals surface area (Å²) < 4.78 is 0. The molecular formula is C12H20N4O. The predicted molar refractivity (Wildman–Crippen MR) is 65.6 cm³/mol. The Morgan fingerprint density at radius 1 is 1.53 bits per heavy atom. The average molecular weight is 236 g/mol. The van der Waals surface area contributed by atoms with Gasteiger partial charge in [0.15, 0.2) is 0 Å². The molecule has 5 nitrogen and oxygen atoms in total. The van der Waals surface area contributed by atoms with Gasteiger partial charge in [-0.05, 0) is 25.8 Å². The molecule has 1 saturated heterocycles. The van der Waals surface area contributed by atoms with Crippen molar-refractivity contribution < 1.29 is 4.79 Å². The first-order valence-electron chi connectivity index (χ1n) is 6.33. The van der Waals surface area contributed by atoms with E-state index in [2.05, 4.69) is 20.6 Å². The molecule has 1 atom stereocenters. The van der Waals surface area contributed by atoms with Crippen molar-refractivity contribution >= 4 is 5.91 Å². The summed E-state index contributed by atoms with van der Waals surface area (Å²) in [4.78, 5) is 18.6. The number of nitrogens with one attached hydrogen (secondary N) is 3. The minimum absolute atomic E-state index is 0.172. The van der Waals surface area contributed by atoms with Crippen molar-refractivity contribution in [2.24, 2.45) is 0 Å². The van der Waals surface area contributed by atoms with Crippen LogP contribution in [0.25, 0.3) is 0 Å². The van der Waals surface area contributed by atoms with Gasteiger partial charge in [-0.2, -0.15) is 0 Å². The summed E-state index contributed by atoms with van der Waals surface area (Å²) in [5, 5.41) is 6.35. The van der Waals surface area contributed by atoms with Crippen LogP contribution in [0.4, 0.5) is 0 Å². The van der Waals surface area contributed by atoms with E-state index in [1.165, 1.54) is 0 Å². The molecule has 1 aliphatic heterocycles. The highest BCUT2D eigenvalue weighted by atomic mass is 16.1. The third-order valence-electron chi connectivity index (χ3n) is 3.06. The fraction of sp³-hybridized carbons (Fsp3) is 0.667. The lowest BCUT2D eigenvalue weighted by molar-refractivity contribution is -0.121. The molecule has 17 heavy (non-hydrogen) atoms. The lowest BCUT2D eigenvalue weighted by Crippen LogP contribution is -2.33. The Morgan fingerprint density at radius 2 is 2.47 bits per heavy atom. The molecule has 1 unspecified atom stereocenters. The predicted octanol–water partition coefficient (Wildman–Crippen LogP) is 0.601. The van der Waals surface area contributed by atoms with Gasteiger partial charge in [0.1, 0.15) is 5.82 Å². The summed E-state index contributed by atoms with van der Waals surface area (Å²) in [6, 6.07) is 0.342. The number of H-pyrrole nitrogens is 1. The van der Waals surface area contributed by atoms with E-state index in [0.717, 1.165) is 44.6 Å². The zero-order valence-electron chi connectivity index (χ0n) is 10.0. The average Bonchev–Trinajstić information content (AvgIpc) is 2.74. The van der Waals surface area contributed by atoms with Crippen LogP contribution >= 0.6 is 0 Å². The van der Waals surface area contributed by atoms with Crippen molar-refractivity contribution in [2.75, 3.05) is 13.1 Å². The summed E-state index contributed by atoms with van der Waals surface area (Å²) >= 11 is 0. The van der Waals surface area contributed by atoms with Crippen molar-refractivity contribution in [1.82, 2.24) is 20.6 Å². The van der Waals surface area contributed by atoms with Gasteiger partial charge < -0.3 is 15.6 Å². The number of carbonyl (C=O) groups is 1. The Labute approximate surface area is 101 Å². The van der Waals surface area contributed by atoms with Crippen LogP contribution in [0.15, 0.2) is 12.4 Å². The Balaban J connectivity index is 1.62. The number of carbonyl (C=O) groups excluding carboxylic acids is 1. The number of aromatic nitrogens is 2. The van der Waals surface area contributed by atoms with Crippen molar-refractivity contribution in [3.8, 4) is 0 Å². The molecule has 3 N–H and O–H groups in total. The van der Waals surface area contributed by atoms with E-state index in [0.29, 0.717) is 12.5 Å². The molecule has 0 saturated carbocycles. The van der Waals surface area contributed by atoms with Crippen LogP contribution in [0.2, 0.25) is 0 Å². The molecule has 0 radical (unpaired) electrons. The maximum absolute atomic E-state index is 11.3. The molecular weight excluding hydrogens is 216 g/mol. The third kappa shape index (κ3) is 4.19. The number of imidazole rings is 1. The number of rotatable bonds is 5. The van der Waals surface area contributed by atoms with Crippen molar-refractivity contribution in [3.63, 3.8) is 0 Å². The maximum atomic E-state index is 11.3. The number of hydrogen-bond donors (Lipinski definition) is 3. The highest BCUT2D eigenvalue weighted by Gasteiger charge is 2.16. The number of nitrogens with zero attached hydrogens (tertiary/aromatic N) is 1. The van der Waals surface area contributed by atoms with E-state index in [1.807, 2.05) is 6.20 Å². The van der Waals surface area contributed by atoms with Crippen molar-refractivity contribution in [3.05, 3.63) is 18.2 Å². The van der Waals surface area contributed by atoms with Crippen LogP contribution in [0, 0.1) is 0 Å². The summed E-state index contributed by atoms with van der Waals surface area (Å²) in [6.45, 7) is 1.77. The van der Waals surface area contributed by atoms with Crippen LogP contribution < -0.4 is 10.6 Å². The molecule has 0 aliphatic carbocycles. The van der Waals surface area contributed by atoms with Crippen molar-refractivity contribution in [1.29, 1.82) is 0 Å². The zero-order valence-corrected chi connectivity index (χ0v) is 10.0. The van der Waals surface area contributed by atoms with E-state index < -0.39 is 0 Å². The quantitative estimate of drug-likeness (QED) is 0.656. The summed E-state index contributed by atoms with van der Waals surface area (Å²) in [7, 11) is 0. The second kappa shape index (κ2) is 6.39. The summed E-state index contributed by atoms with van der Waals surface area (Å²) in [5.41, 5.74) is 0. The largest absolute Gasteiger partial charge is 0.356 e. The second-order valence-electron chi connectivity index (χ2n) is 4.49. The Kier molecular flexibility index (Phi) is 4.55. The van der Waals surface area contributed by atoms with Gasteiger partial charge in [-0.25, -0.2) is 4.98 Å². The number of amides is 1. The molecule has 2 heterocycles. The van der Waals surface area contributed by atoms with E-state index >= 15 is 0 Å². The fourth-order valence-corrected chi connectivity index (χ4v) is 2.15. The van der Waals surface area contributed by atoms with Gasteiger partial charge in [0, 0.05) is 37.8 Å². The van der Waals surface area contributed by atoms with Gasteiger partial charge in [0.2, 0.25) is 5.91 Å². The number of aromatic amines is 1. The molecule has 1 aromatic rings. The van der Waals surface area contributed by atoms with Gasteiger partial charge >= 0.3 is 0 Å². The normalized spacial score (nSPS) is 20.9. The molecule has 1 fully saturated rings. The highest BCUT2D eigenvalue weighted by molar-refractivity contribution is 5.76. The van der Waals surface area contributed by atoms with Crippen LogP contribution in [0.1, 0.15) is 31.5 Å². The number of aryl methyl sites for hydroxylation is 1. The molecule has 0 bridgehead atoms. The minimum Gasteiger partial charge on any atom is -0.356 e. The highest BCUT2D eigenvalue weighted by Crippen LogP contribution is 2.06. The van der Waals surface area contributed by atoms with E-state index in [9.17, 15) is 4.79 Å². The smallest absolute Gasteiger partial charge is 0.221 e. The molecule has 1 aliphatic rings. The Morgan fingerprint density at radius 3 is 3.29 bits per heavy atom. The van der Waals surface area contributed by atoms with Gasteiger partial charge in [-0.1, -0.05) is 0 Å². The Hall–Kier alpha value is -1.36. The topological polar surface area (TPSA) is 69.8 Å². The third-order valence-corrected chi connectivity index (χ3v) is 3.06. The van der Waals surface area contributed by atoms with Crippen LogP contribution in [0.5, 0.6) is 0 Å². The van der Waals surface area contributed by atoms with Crippen LogP contribution in [-0.2, 0) is 11.2 Å². The first kappa shape index (κ1) is 12.1. The minimum atomic E-state index is 0.172. The van der Waals surface area contributed by atoms with E-state index in [4.69, 9.17) is 0 Å². The lowest BCUT2D eigenvalue weighted by Gasteiger charge is -2.14. The van der Waals surface area contributed by atoms with Crippen LogP contribution in [0.3, 0.4) is 0 Å². The van der Waals surface area contributed by atoms with Gasteiger partial charge in [-0.3, -0.25) is 4.79 Å². The second-order valence-corrected chi connectivity index (χ2v) is 4.49. The van der Waals surface area contributed by atoms with E-state index in [-0.39, 0.29) is 5.91 Å². The SMILES string of the molecule is O=C1CC(NCCCc2ncc[nH]2)CCCN1. The first-order valence-corrected chi connectivity index (χ1v) is 6.33. The van der Waals surface area contributed by atoms with Crippen LogP contribution in [-0.4, -0.2) is 35.0 Å². The molecule has 94 valence electrons. The molecule has 2 rings (SSSR count). The summed E-state index contributed by atoms with van der Waals surface area (Å²) in [6.07, 6.45) is 8.39. The Bertz CT molecular complexity index is 336. The fourth-order valence-electron chi connectivity index (χ4n) is 2.15. The number of hydrogen-bond acceptors (Lipinski definition) is 3. The molecule has 5 heteroatoms. The van der Waals surface area contributed by atoms with Gasteiger partial charge in [0.05, 0.1) is 0 Å². The monoisotopic (exact) mass is 236 g/mol.